The van der Waals surface area contributed by atoms with Gasteiger partial charge in [0.05, 0.1) is 0 Å². The smallest absolute Gasteiger partial charge is 0.0466 e. The van der Waals surface area contributed by atoms with E-state index in [1.54, 1.807) is 0 Å². The second kappa shape index (κ2) is 14.0. The summed E-state index contributed by atoms with van der Waals surface area (Å²) >= 11 is 0. The van der Waals surface area contributed by atoms with Gasteiger partial charge in [0.15, 0.2) is 0 Å². The van der Waals surface area contributed by atoms with E-state index in [1.165, 1.54) is 51.4 Å². The molecule has 0 fully saturated rings. The first-order valence-electron chi connectivity index (χ1n) is 7.58. The zero-order valence-corrected chi connectivity index (χ0v) is 12.3. The van der Waals surface area contributed by atoms with Gasteiger partial charge in [-0.1, -0.05) is 52.9 Å². The molecule has 0 aliphatic heterocycles. The van der Waals surface area contributed by atoms with E-state index in [4.69, 9.17) is 4.74 Å². The van der Waals surface area contributed by atoms with Gasteiger partial charge in [-0.3, -0.25) is 0 Å². The van der Waals surface area contributed by atoms with Gasteiger partial charge in [0.25, 0.3) is 0 Å². The zero-order valence-electron chi connectivity index (χ0n) is 12.3. The highest BCUT2D eigenvalue weighted by Crippen LogP contribution is 2.05. The van der Waals surface area contributed by atoms with Gasteiger partial charge >= 0.3 is 0 Å². The van der Waals surface area contributed by atoms with Gasteiger partial charge in [-0.25, -0.2) is 0 Å². The summed E-state index contributed by atoms with van der Waals surface area (Å²) in [4.78, 5) is 0. The Bertz CT molecular complexity index is 137. The fourth-order valence-corrected chi connectivity index (χ4v) is 1.81. The molecule has 0 aromatic heterocycles. The first kappa shape index (κ1) is 16.9. The largest absolute Gasteiger partial charge is 0.381 e. The van der Waals surface area contributed by atoms with Crippen molar-refractivity contribution in [3.8, 4) is 0 Å². The predicted octanol–water partition coefficient (Wildman–Crippen LogP) is 4.14. The highest BCUT2D eigenvalue weighted by Gasteiger charge is 1.93. The molecular weight excluding hydrogens is 210 g/mol. The van der Waals surface area contributed by atoms with Crippen molar-refractivity contribution in [2.75, 3.05) is 19.8 Å². The van der Waals surface area contributed by atoms with Gasteiger partial charge in [0.1, 0.15) is 0 Å². The van der Waals surface area contributed by atoms with Crippen LogP contribution in [0.5, 0.6) is 0 Å². The van der Waals surface area contributed by atoms with Gasteiger partial charge in [-0.05, 0) is 25.8 Å². The summed E-state index contributed by atoms with van der Waals surface area (Å²) in [5, 5.41) is 3.42. The van der Waals surface area contributed by atoms with Crippen LogP contribution < -0.4 is 5.32 Å². The molecule has 0 aromatic carbocycles. The first-order valence-corrected chi connectivity index (χ1v) is 7.58. The van der Waals surface area contributed by atoms with Crippen molar-refractivity contribution in [2.45, 2.75) is 78.2 Å². The van der Waals surface area contributed by atoms with Crippen molar-refractivity contribution < 1.29 is 4.74 Å². The lowest BCUT2D eigenvalue weighted by atomic mass is 10.1. The minimum atomic E-state index is 0.610. The summed E-state index contributed by atoms with van der Waals surface area (Å²) in [6.45, 7) is 9.66. The zero-order chi connectivity index (χ0) is 12.8. The maximum absolute atomic E-state index is 5.62. The molecule has 0 aliphatic rings. The van der Waals surface area contributed by atoms with Crippen LogP contribution in [-0.2, 0) is 4.74 Å². The molecule has 0 saturated heterocycles. The Kier molecular flexibility index (Phi) is 13.9. The Morgan fingerprint density at radius 2 is 1.41 bits per heavy atom. The standard InChI is InChI=1S/C15H33NO/c1-4-5-6-7-8-10-13-17-14-11-9-12-16-15(2)3/h15-16H,4-14H2,1-3H3. The molecule has 1 N–H and O–H groups in total. The molecule has 2 heteroatoms. The van der Waals surface area contributed by atoms with E-state index in [9.17, 15) is 0 Å². The third-order valence-corrected chi connectivity index (χ3v) is 2.91. The number of ether oxygens (including phenoxy) is 1. The summed E-state index contributed by atoms with van der Waals surface area (Å²) in [5.41, 5.74) is 0. The predicted molar refractivity (Wildman–Crippen MR) is 76.6 cm³/mol. The maximum Gasteiger partial charge on any atom is 0.0466 e. The maximum atomic E-state index is 5.62. The molecule has 0 bridgehead atoms. The third kappa shape index (κ3) is 15.9. The minimum Gasteiger partial charge on any atom is -0.381 e. The molecule has 0 atom stereocenters. The van der Waals surface area contributed by atoms with Crippen LogP contribution in [0.4, 0.5) is 0 Å². The number of hydrogen-bond acceptors (Lipinski definition) is 2. The summed E-state index contributed by atoms with van der Waals surface area (Å²) in [6.07, 6.45) is 10.5. The van der Waals surface area contributed by atoms with Gasteiger partial charge in [0, 0.05) is 19.3 Å². The fraction of sp³-hybridized carbons (Fsp3) is 1.00. The highest BCUT2D eigenvalue weighted by atomic mass is 16.5. The average molecular weight is 243 g/mol. The van der Waals surface area contributed by atoms with Crippen molar-refractivity contribution in [3.63, 3.8) is 0 Å². The third-order valence-electron chi connectivity index (χ3n) is 2.91. The Labute approximate surface area is 109 Å². The Hall–Kier alpha value is -0.0800. The highest BCUT2D eigenvalue weighted by molar-refractivity contribution is 4.52. The van der Waals surface area contributed by atoms with E-state index in [0.717, 1.165) is 19.8 Å². The second-order valence-corrected chi connectivity index (χ2v) is 5.20. The summed E-state index contributed by atoms with van der Waals surface area (Å²) in [7, 11) is 0. The summed E-state index contributed by atoms with van der Waals surface area (Å²) in [6, 6.07) is 0.610. The van der Waals surface area contributed by atoms with E-state index in [-0.39, 0.29) is 0 Å². The van der Waals surface area contributed by atoms with E-state index in [0.29, 0.717) is 6.04 Å². The molecule has 0 rings (SSSR count). The summed E-state index contributed by atoms with van der Waals surface area (Å²) in [5.74, 6) is 0. The van der Waals surface area contributed by atoms with E-state index in [2.05, 4.69) is 26.1 Å². The topological polar surface area (TPSA) is 21.3 Å². The van der Waals surface area contributed by atoms with Crippen LogP contribution in [0.3, 0.4) is 0 Å². The van der Waals surface area contributed by atoms with Crippen molar-refractivity contribution in [1.82, 2.24) is 5.32 Å². The molecule has 0 aromatic rings. The van der Waals surface area contributed by atoms with Gasteiger partial charge < -0.3 is 10.1 Å². The lowest BCUT2D eigenvalue weighted by Gasteiger charge is -2.08. The molecule has 0 amide bonds. The minimum absolute atomic E-state index is 0.610. The Balaban J connectivity index is 2.89. The van der Waals surface area contributed by atoms with Gasteiger partial charge in [0.2, 0.25) is 0 Å². The van der Waals surface area contributed by atoms with Crippen LogP contribution in [0.25, 0.3) is 0 Å². The number of unbranched alkanes of at least 4 members (excludes halogenated alkanes) is 6. The molecule has 17 heavy (non-hydrogen) atoms. The van der Waals surface area contributed by atoms with E-state index in [1.807, 2.05) is 0 Å². The van der Waals surface area contributed by atoms with Crippen LogP contribution in [-0.4, -0.2) is 25.8 Å². The van der Waals surface area contributed by atoms with Crippen molar-refractivity contribution in [1.29, 1.82) is 0 Å². The number of hydrogen-bond donors (Lipinski definition) is 1. The quantitative estimate of drug-likeness (QED) is 0.491. The van der Waals surface area contributed by atoms with Crippen molar-refractivity contribution in [2.24, 2.45) is 0 Å². The molecule has 0 saturated carbocycles. The molecule has 0 radical (unpaired) electrons. The monoisotopic (exact) mass is 243 g/mol. The van der Waals surface area contributed by atoms with Crippen molar-refractivity contribution >= 4 is 0 Å². The lowest BCUT2D eigenvalue weighted by Crippen LogP contribution is -2.23. The van der Waals surface area contributed by atoms with E-state index >= 15 is 0 Å². The van der Waals surface area contributed by atoms with Crippen molar-refractivity contribution in [3.05, 3.63) is 0 Å². The van der Waals surface area contributed by atoms with E-state index < -0.39 is 0 Å². The van der Waals surface area contributed by atoms with Crippen LogP contribution in [0, 0.1) is 0 Å². The van der Waals surface area contributed by atoms with Crippen LogP contribution in [0.1, 0.15) is 72.1 Å². The molecular formula is C15H33NO. The molecule has 2 nitrogen and oxygen atoms in total. The molecule has 104 valence electrons. The van der Waals surface area contributed by atoms with Gasteiger partial charge in [-0.2, -0.15) is 0 Å². The number of nitrogens with one attached hydrogen (secondary N) is 1. The fourth-order valence-electron chi connectivity index (χ4n) is 1.81. The van der Waals surface area contributed by atoms with Gasteiger partial charge in [-0.15, -0.1) is 0 Å². The average Bonchev–Trinajstić information content (AvgIpc) is 2.30. The number of rotatable bonds is 13. The molecule has 0 unspecified atom stereocenters. The SMILES string of the molecule is CCCCCCCCOCCCCNC(C)C. The molecule has 0 aliphatic carbocycles. The van der Waals surface area contributed by atoms with Crippen LogP contribution >= 0.6 is 0 Å². The Morgan fingerprint density at radius 1 is 0.824 bits per heavy atom. The first-order chi connectivity index (χ1) is 8.27. The lowest BCUT2D eigenvalue weighted by molar-refractivity contribution is 0.126. The van der Waals surface area contributed by atoms with Crippen LogP contribution in [0.2, 0.25) is 0 Å². The Morgan fingerprint density at radius 3 is 2.06 bits per heavy atom. The second-order valence-electron chi connectivity index (χ2n) is 5.20. The molecule has 0 spiro atoms. The van der Waals surface area contributed by atoms with Crippen LogP contribution in [0.15, 0.2) is 0 Å². The normalized spacial score (nSPS) is 11.3. The summed E-state index contributed by atoms with van der Waals surface area (Å²) < 4.78 is 5.62. The molecule has 0 heterocycles.